The SMILES string of the molecule is CC(=O)Nc1ccc(N2C(=O)[C@@H]3[C@@H](C2=O)[C@]2(N[C@@H]3CC(C)C)C(=O)N(C)c3ccccc32)cc1. The molecule has 2 N–H and O–H groups in total. The molecule has 3 aliphatic rings. The van der Waals surface area contributed by atoms with Crippen LogP contribution in [0, 0.1) is 17.8 Å². The van der Waals surface area contributed by atoms with E-state index < -0.39 is 17.4 Å². The van der Waals surface area contributed by atoms with E-state index in [0.29, 0.717) is 17.8 Å². The Kier molecular flexibility index (Phi) is 5.09. The van der Waals surface area contributed by atoms with E-state index in [9.17, 15) is 19.2 Å². The van der Waals surface area contributed by atoms with Gasteiger partial charge in [0.05, 0.1) is 17.5 Å². The van der Waals surface area contributed by atoms with Crippen molar-refractivity contribution in [1.82, 2.24) is 5.32 Å². The average Bonchev–Trinajstić information content (AvgIpc) is 3.33. The lowest BCUT2D eigenvalue weighted by Gasteiger charge is -2.30. The Morgan fingerprint density at radius 2 is 1.74 bits per heavy atom. The summed E-state index contributed by atoms with van der Waals surface area (Å²) in [5, 5.41) is 6.18. The van der Waals surface area contributed by atoms with Crippen molar-refractivity contribution in [3.05, 3.63) is 54.1 Å². The van der Waals surface area contributed by atoms with Gasteiger partial charge >= 0.3 is 0 Å². The van der Waals surface area contributed by atoms with Crippen molar-refractivity contribution in [2.45, 2.75) is 38.8 Å². The molecule has 0 aromatic heterocycles. The Morgan fingerprint density at radius 3 is 2.38 bits per heavy atom. The van der Waals surface area contributed by atoms with Crippen LogP contribution in [-0.2, 0) is 24.7 Å². The summed E-state index contributed by atoms with van der Waals surface area (Å²) in [4.78, 5) is 55.6. The molecule has 8 heteroatoms. The molecule has 0 unspecified atom stereocenters. The van der Waals surface area contributed by atoms with E-state index >= 15 is 0 Å². The van der Waals surface area contributed by atoms with Gasteiger partial charge in [0.1, 0.15) is 5.54 Å². The summed E-state index contributed by atoms with van der Waals surface area (Å²) in [6.45, 7) is 5.55. The number of amides is 4. The number of carbonyl (C=O) groups excluding carboxylic acids is 4. The first-order valence-electron chi connectivity index (χ1n) is 11.6. The molecule has 0 aliphatic carbocycles. The van der Waals surface area contributed by atoms with Gasteiger partial charge in [-0.3, -0.25) is 24.5 Å². The highest BCUT2D eigenvalue weighted by Crippen LogP contribution is 2.55. The Hall–Kier alpha value is -3.52. The van der Waals surface area contributed by atoms with Crippen LogP contribution in [0.1, 0.15) is 32.8 Å². The highest BCUT2D eigenvalue weighted by Gasteiger charge is 2.71. The van der Waals surface area contributed by atoms with Crippen LogP contribution in [0.2, 0.25) is 0 Å². The summed E-state index contributed by atoms with van der Waals surface area (Å²) in [6, 6.07) is 13.8. The second-order valence-corrected chi connectivity index (χ2v) is 9.81. The van der Waals surface area contributed by atoms with Crippen molar-refractivity contribution in [3.63, 3.8) is 0 Å². The van der Waals surface area contributed by atoms with E-state index in [1.165, 1.54) is 11.8 Å². The summed E-state index contributed by atoms with van der Waals surface area (Å²) >= 11 is 0. The highest BCUT2D eigenvalue weighted by molar-refractivity contribution is 6.26. The molecule has 176 valence electrons. The Morgan fingerprint density at radius 1 is 1.06 bits per heavy atom. The van der Waals surface area contributed by atoms with Crippen LogP contribution >= 0.6 is 0 Å². The van der Waals surface area contributed by atoms with Crippen LogP contribution < -0.4 is 20.4 Å². The van der Waals surface area contributed by atoms with Gasteiger partial charge in [-0.25, -0.2) is 4.90 Å². The number of likely N-dealkylation sites (N-methyl/N-ethyl adjacent to an activating group) is 1. The van der Waals surface area contributed by atoms with E-state index in [-0.39, 0.29) is 35.6 Å². The molecule has 3 aliphatic heterocycles. The van der Waals surface area contributed by atoms with Crippen LogP contribution in [0.3, 0.4) is 0 Å². The smallest absolute Gasteiger partial charge is 0.252 e. The van der Waals surface area contributed by atoms with Gasteiger partial charge in [0.15, 0.2) is 0 Å². The van der Waals surface area contributed by atoms with Gasteiger partial charge in [0.25, 0.3) is 5.91 Å². The van der Waals surface area contributed by atoms with Crippen LogP contribution in [0.25, 0.3) is 0 Å². The van der Waals surface area contributed by atoms with E-state index in [4.69, 9.17) is 0 Å². The molecule has 2 aromatic carbocycles. The summed E-state index contributed by atoms with van der Waals surface area (Å²) < 4.78 is 0. The number of fused-ring (bicyclic) bond motifs is 4. The van der Waals surface area contributed by atoms with Crippen LogP contribution in [0.15, 0.2) is 48.5 Å². The van der Waals surface area contributed by atoms with E-state index in [1.807, 2.05) is 24.3 Å². The van der Waals surface area contributed by atoms with Gasteiger partial charge in [0.2, 0.25) is 17.7 Å². The maximum absolute atomic E-state index is 13.9. The molecule has 2 saturated heterocycles. The van der Waals surface area contributed by atoms with Gasteiger partial charge in [-0.1, -0.05) is 32.0 Å². The first-order chi connectivity index (χ1) is 16.2. The zero-order chi connectivity index (χ0) is 24.4. The number of nitrogens with zero attached hydrogens (tertiary/aromatic N) is 2. The van der Waals surface area contributed by atoms with Crippen molar-refractivity contribution in [2.24, 2.45) is 17.8 Å². The average molecular weight is 461 g/mol. The fourth-order valence-corrected chi connectivity index (χ4v) is 5.92. The van der Waals surface area contributed by atoms with Gasteiger partial charge in [-0.15, -0.1) is 0 Å². The van der Waals surface area contributed by atoms with Crippen molar-refractivity contribution >= 4 is 40.7 Å². The second-order valence-electron chi connectivity index (χ2n) is 9.81. The van der Waals surface area contributed by atoms with Crippen LogP contribution in [-0.4, -0.2) is 36.7 Å². The van der Waals surface area contributed by atoms with Crippen LogP contribution in [0.5, 0.6) is 0 Å². The topological polar surface area (TPSA) is 98.8 Å². The lowest BCUT2D eigenvalue weighted by Crippen LogP contribution is -2.54. The molecule has 4 atom stereocenters. The van der Waals surface area contributed by atoms with Gasteiger partial charge in [-0.05, 0) is 42.7 Å². The number of rotatable bonds is 4. The quantitative estimate of drug-likeness (QED) is 0.684. The Bertz CT molecular complexity index is 1210. The minimum atomic E-state index is -1.27. The molecule has 4 amide bonds. The standard InChI is InChI=1S/C26H28N4O4/c1-14(2)13-19-21-22(26(28-19)18-7-5-6-8-20(18)29(4)25(26)34)24(33)30(23(21)32)17-11-9-16(10-12-17)27-15(3)31/h5-12,14,19,21-22,28H,13H2,1-4H3,(H,27,31)/t19-,21+,22+,26+/m1/s1. The summed E-state index contributed by atoms with van der Waals surface area (Å²) in [5.41, 5.74) is 1.24. The number of carbonyl (C=O) groups is 4. The number of nitrogens with one attached hydrogen (secondary N) is 2. The fourth-order valence-electron chi connectivity index (χ4n) is 5.92. The lowest BCUT2D eigenvalue weighted by atomic mass is 9.76. The lowest BCUT2D eigenvalue weighted by molar-refractivity contribution is -0.131. The third-order valence-electron chi connectivity index (χ3n) is 7.17. The van der Waals surface area contributed by atoms with E-state index in [0.717, 1.165) is 11.3 Å². The zero-order valence-electron chi connectivity index (χ0n) is 19.7. The molecule has 2 fully saturated rings. The molecule has 2 aromatic rings. The van der Waals surface area contributed by atoms with E-state index in [2.05, 4.69) is 24.5 Å². The van der Waals surface area contributed by atoms with Crippen molar-refractivity contribution in [1.29, 1.82) is 0 Å². The van der Waals surface area contributed by atoms with Gasteiger partial charge in [-0.2, -0.15) is 0 Å². The third-order valence-corrected chi connectivity index (χ3v) is 7.17. The zero-order valence-corrected chi connectivity index (χ0v) is 19.7. The van der Waals surface area contributed by atoms with Crippen LogP contribution in [0.4, 0.5) is 17.1 Å². The molecule has 0 saturated carbocycles. The number of anilines is 3. The number of hydrogen-bond acceptors (Lipinski definition) is 5. The predicted octanol–water partition coefficient (Wildman–Crippen LogP) is 2.64. The number of imide groups is 1. The molecule has 3 heterocycles. The largest absolute Gasteiger partial charge is 0.326 e. The van der Waals surface area contributed by atoms with Gasteiger partial charge in [0, 0.05) is 37.0 Å². The first kappa shape index (κ1) is 22.3. The Balaban J connectivity index is 1.61. The molecular weight excluding hydrogens is 432 g/mol. The molecule has 5 rings (SSSR count). The maximum Gasteiger partial charge on any atom is 0.252 e. The summed E-state index contributed by atoms with van der Waals surface area (Å²) in [6.07, 6.45) is 0.663. The van der Waals surface area contributed by atoms with E-state index in [1.54, 1.807) is 36.2 Å². The first-order valence-corrected chi connectivity index (χ1v) is 11.6. The summed E-state index contributed by atoms with van der Waals surface area (Å²) in [5.74, 6) is -2.30. The monoisotopic (exact) mass is 460 g/mol. The predicted molar refractivity (Wildman–Crippen MR) is 128 cm³/mol. The number of para-hydroxylation sites is 1. The number of hydrogen-bond donors (Lipinski definition) is 2. The van der Waals surface area contributed by atoms with Crippen molar-refractivity contribution in [3.8, 4) is 0 Å². The minimum absolute atomic E-state index is 0.206. The minimum Gasteiger partial charge on any atom is -0.326 e. The Labute approximate surface area is 198 Å². The highest BCUT2D eigenvalue weighted by atomic mass is 16.2. The third kappa shape index (κ3) is 3.01. The van der Waals surface area contributed by atoms with Crippen molar-refractivity contribution in [2.75, 3.05) is 22.2 Å². The molecule has 8 nitrogen and oxygen atoms in total. The molecule has 1 spiro atoms. The molecule has 0 bridgehead atoms. The van der Waals surface area contributed by atoms with Crippen molar-refractivity contribution < 1.29 is 19.2 Å². The molecule has 0 radical (unpaired) electrons. The summed E-state index contributed by atoms with van der Waals surface area (Å²) in [7, 11) is 1.71. The maximum atomic E-state index is 13.9. The fraction of sp³-hybridized carbons (Fsp3) is 0.385. The molecular formula is C26H28N4O4. The molecule has 34 heavy (non-hydrogen) atoms. The number of benzene rings is 2. The second kappa shape index (κ2) is 7.77. The normalized spacial score (nSPS) is 27.7. The van der Waals surface area contributed by atoms with Gasteiger partial charge < -0.3 is 10.2 Å².